The first kappa shape index (κ1) is 22.6. The zero-order valence-corrected chi connectivity index (χ0v) is 19.1. The van der Waals surface area contributed by atoms with Crippen molar-refractivity contribution in [2.75, 3.05) is 11.9 Å². The third-order valence-electron chi connectivity index (χ3n) is 5.25. The minimum absolute atomic E-state index is 0.224. The molecule has 31 heavy (non-hydrogen) atoms. The molecule has 0 fully saturated rings. The van der Waals surface area contributed by atoms with Crippen molar-refractivity contribution >= 4 is 29.2 Å². The summed E-state index contributed by atoms with van der Waals surface area (Å²) in [5, 5.41) is 11.4. The summed E-state index contributed by atoms with van der Waals surface area (Å²) in [4.78, 5) is 17.4. The molecule has 2 aromatic carbocycles. The van der Waals surface area contributed by atoms with Crippen molar-refractivity contribution in [2.45, 2.75) is 40.7 Å². The number of amides is 1. The van der Waals surface area contributed by atoms with Crippen molar-refractivity contribution in [1.29, 1.82) is 0 Å². The lowest BCUT2D eigenvalue weighted by molar-refractivity contribution is 0.0977. The summed E-state index contributed by atoms with van der Waals surface area (Å²) in [7, 11) is 0. The summed E-state index contributed by atoms with van der Waals surface area (Å²) in [5.74, 6) is 0.162. The number of carbonyl (C=O) groups is 1. The van der Waals surface area contributed by atoms with Crippen molar-refractivity contribution < 1.29 is 4.79 Å². The highest BCUT2D eigenvalue weighted by Crippen LogP contribution is 2.23. The Bertz CT molecular complexity index is 1090. The highest BCUT2D eigenvalue weighted by molar-refractivity contribution is 6.31. The second kappa shape index (κ2) is 10.3. The van der Waals surface area contributed by atoms with E-state index >= 15 is 0 Å². The summed E-state index contributed by atoms with van der Waals surface area (Å²) in [6, 6.07) is 14.7. The van der Waals surface area contributed by atoms with Crippen LogP contribution in [0.5, 0.6) is 0 Å². The summed E-state index contributed by atoms with van der Waals surface area (Å²) in [6.07, 6.45) is 0.735. The molecule has 0 radical (unpaired) electrons. The molecule has 3 rings (SSSR count). The number of carbonyl (C=O) groups excluding carboxylic acids is 1. The number of benzene rings is 2. The fourth-order valence-corrected chi connectivity index (χ4v) is 3.61. The predicted molar refractivity (Wildman–Crippen MR) is 127 cm³/mol. The van der Waals surface area contributed by atoms with Gasteiger partial charge < -0.3 is 5.32 Å². The third-order valence-corrected chi connectivity index (χ3v) is 5.66. The van der Waals surface area contributed by atoms with Crippen LogP contribution in [0.25, 0.3) is 0 Å². The largest absolute Gasteiger partial charge is 0.326 e. The molecule has 0 atom stereocenters. The van der Waals surface area contributed by atoms with Crippen LogP contribution in [0.3, 0.4) is 0 Å². The van der Waals surface area contributed by atoms with Gasteiger partial charge in [-0.3, -0.25) is 19.8 Å². The molecule has 1 aromatic heterocycles. The van der Waals surface area contributed by atoms with Gasteiger partial charge in [0.1, 0.15) is 0 Å². The minimum atomic E-state index is -0.224. The average Bonchev–Trinajstić information content (AvgIpc) is 3.05. The second-order valence-corrected chi connectivity index (χ2v) is 7.71. The molecule has 0 aliphatic heterocycles. The highest BCUT2D eigenvalue weighted by Gasteiger charge is 2.13. The van der Waals surface area contributed by atoms with E-state index < -0.39 is 0 Å². The molecule has 0 saturated heterocycles. The quantitative estimate of drug-likeness (QED) is 0.424. The van der Waals surface area contributed by atoms with Crippen molar-refractivity contribution in [3.05, 3.63) is 81.6 Å². The molecule has 0 unspecified atom stereocenters. The Morgan fingerprint density at radius 3 is 2.52 bits per heavy atom. The van der Waals surface area contributed by atoms with E-state index in [-0.39, 0.29) is 5.91 Å². The molecule has 0 saturated carbocycles. The molecule has 162 valence electrons. The van der Waals surface area contributed by atoms with E-state index in [1.165, 1.54) is 5.56 Å². The SMILES string of the molecule is CCn1nc(C)c(CCN=C(NC(=O)c2ccccc2)Nc2cccc(Cl)c2C)c1C. The van der Waals surface area contributed by atoms with Crippen LogP contribution in [-0.4, -0.2) is 28.2 Å². The van der Waals surface area contributed by atoms with E-state index in [1.54, 1.807) is 12.1 Å². The van der Waals surface area contributed by atoms with Crippen LogP contribution < -0.4 is 10.6 Å². The van der Waals surface area contributed by atoms with Crippen LogP contribution in [0.15, 0.2) is 53.5 Å². The number of guanidine groups is 1. The molecular weight excluding hydrogens is 410 g/mol. The first-order chi connectivity index (χ1) is 14.9. The maximum atomic E-state index is 12.7. The lowest BCUT2D eigenvalue weighted by Gasteiger charge is -2.14. The third kappa shape index (κ3) is 5.52. The van der Waals surface area contributed by atoms with Crippen molar-refractivity contribution in [2.24, 2.45) is 4.99 Å². The van der Waals surface area contributed by atoms with Crippen LogP contribution >= 0.6 is 11.6 Å². The minimum Gasteiger partial charge on any atom is -0.326 e. The second-order valence-electron chi connectivity index (χ2n) is 7.30. The van der Waals surface area contributed by atoms with Gasteiger partial charge in [0.05, 0.1) is 5.69 Å². The lowest BCUT2D eigenvalue weighted by Crippen LogP contribution is -2.36. The zero-order valence-electron chi connectivity index (χ0n) is 18.4. The molecule has 0 aliphatic carbocycles. The fourth-order valence-electron chi connectivity index (χ4n) is 3.43. The number of rotatable bonds is 6. The van der Waals surface area contributed by atoms with Crippen LogP contribution in [0, 0.1) is 20.8 Å². The maximum Gasteiger partial charge on any atom is 0.257 e. The number of hydrogen-bond acceptors (Lipinski definition) is 3. The topological polar surface area (TPSA) is 71.3 Å². The van der Waals surface area contributed by atoms with Crippen molar-refractivity contribution in [3.63, 3.8) is 0 Å². The lowest BCUT2D eigenvalue weighted by atomic mass is 10.1. The predicted octanol–water partition coefficient (Wildman–Crippen LogP) is 4.92. The smallest absolute Gasteiger partial charge is 0.257 e. The molecule has 0 bridgehead atoms. The van der Waals surface area contributed by atoms with Crippen LogP contribution in [0.1, 0.15) is 39.8 Å². The van der Waals surface area contributed by atoms with Gasteiger partial charge in [-0.15, -0.1) is 0 Å². The van der Waals surface area contributed by atoms with Gasteiger partial charge in [-0.05, 0) is 69.5 Å². The number of hydrogen-bond donors (Lipinski definition) is 2. The van der Waals surface area contributed by atoms with Gasteiger partial charge in [0, 0.05) is 35.1 Å². The number of aryl methyl sites for hydroxylation is 2. The maximum absolute atomic E-state index is 12.7. The van der Waals surface area contributed by atoms with Gasteiger partial charge in [-0.1, -0.05) is 35.9 Å². The van der Waals surface area contributed by atoms with E-state index in [0.717, 1.165) is 35.6 Å². The Morgan fingerprint density at radius 1 is 1.10 bits per heavy atom. The van der Waals surface area contributed by atoms with E-state index in [2.05, 4.69) is 34.6 Å². The Labute approximate surface area is 188 Å². The van der Waals surface area contributed by atoms with Gasteiger partial charge in [0.25, 0.3) is 5.91 Å². The zero-order chi connectivity index (χ0) is 22.4. The van der Waals surface area contributed by atoms with Crippen LogP contribution in [-0.2, 0) is 13.0 Å². The Hall–Kier alpha value is -3.12. The molecule has 0 aliphatic rings. The Morgan fingerprint density at radius 2 is 1.84 bits per heavy atom. The molecule has 3 aromatic rings. The Balaban J connectivity index is 1.81. The molecule has 0 spiro atoms. The first-order valence-corrected chi connectivity index (χ1v) is 10.7. The molecule has 2 N–H and O–H groups in total. The highest BCUT2D eigenvalue weighted by atomic mass is 35.5. The molecule has 1 amide bonds. The summed E-state index contributed by atoms with van der Waals surface area (Å²) >= 11 is 6.26. The Kier molecular flexibility index (Phi) is 7.47. The van der Waals surface area contributed by atoms with Crippen LogP contribution in [0.4, 0.5) is 5.69 Å². The van der Waals surface area contributed by atoms with Gasteiger partial charge in [-0.25, -0.2) is 0 Å². The van der Waals surface area contributed by atoms with Gasteiger partial charge >= 0.3 is 0 Å². The summed E-state index contributed by atoms with van der Waals surface area (Å²) < 4.78 is 2.00. The summed E-state index contributed by atoms with van der Waals surface area (Å²) in [5.41, 5.74) is 5.62. The van der Waals surface area contributed by atoms with Gasteiger partial charge in [-0.2, -0.15) is 5.10 Å². The van der Waals surface area contributed by atoms with Gasteiger partial charge in [0.2, 0.25) is 5.96 Å². The van der Waals surface area contributed by atoms with Crippen LogP contribution in [0.2, 0.25) is 5.02 Å². The molecule has 1 heterocycles. The number of aromatic nitrogens is 2. The number of nitrogens with one attached hydrogen (secondary N) is 2. The number of halogens is 1. The normalized spacial score (nSPS) is 11.5. The number of nitrogens with zero attached hydrogens (tertiary/aromatic N) is 3. The van der Waals surface area contributed by atoms with E-state index in [0.29, 0.717) is 23.1 Å². The van der Waals surface area contributed by atoms with E-state index in [4.69, 9.17) is 11.6 Å². The van der Waals surface area contributed by atoms with Crippen molar-refractivity contribution in [1.82, 2.24) is 15.1 Å². The summed E-state index contributed by atoms with van der Waals surface area (Å²) in [6.45, 7) is 9.44. The van der Waals surface area contributed by atoms with E-state index in [1.807, 2.05) is 54.9 Å². The first-order valence-electron chi connectivity index (χ1n) is 10.4. The monoisotopic (exact) mass is 437 g/mol. The van der Waals surface area contributed by atoms with Crippen molar-refractivity contribution in [3.8, 4) is 0 Å². The van der Waals surface area contributed by atoms with E-state index in [9.17, 15) is 4.79 Å². The molecular formula is C24H28ClN5O. The number of anilines is 1. The molecule has 7 heteroatoms. The average molecular weight is 438 g/mol. The van der Waals surface area contributed by atoms with Gasteiger partial charge in [0.15, 0.2) is 0 Å². The standard InChI is InChI=1S/C24H28ClN5O/c1-5-30-18(4)20(17(3)29-30)14-15-26-24(27-22-13-9-12-21(25)16(22)2)28-23(31)19-10-7-6-8-11-19/h6-13H,5,14-15H2,1-4H3,(H2,26,27,28,31). The fraction of sp³-hybridized carbons (Fsp3) is 0.292. The molecule has 6 nitrogen and oxygen atoms in total. The number of aliphatic imine (C=N–C) groups is 1.